The van der Waals surface area contributed by atoms with Gasteiger partial charge in [-0.15, -0.1) is 11.3 Å². The van der Waals surface area contributed by atoms with E-state index in [1.54, 1.807) is 0 Å². The van der Waals surface area contributed by atoms with Gasteiger partial charge in [0.1, 0.15) is 15.2 Å². The minimum absolute atomic E-state index is 0.0157. The SMILES string of the molecule is N#Cc1ccc(S(=O)(=O)c2cccc(S(=O)(=O)N3CCCC3CO)c2)s1. The second kappa shape index (κ2) is 7.09. The lowest BCUT2D eigenvalue weighted by atomic mass is 10.2. The fourth-order valence-corrected chi connectivity index (χ4v) is 7.24. The largest absolute Gasteiger partial charge is 0.395 e. The Morgan fingerprint density at radius 3 is 2.58 bits per heavy atom. The molecule has 10 heteroatoms. The number of rotatable bonds is 5. The molecule has 0 spiro atoms. The second-order valence-electron chi connectivity index (χ2n) is 5.80. The molecule has 138 valence electrons. The van der Waals surface area contributed by atoms with Crippen molar-refractivity contribution in [3.63, 3.8) is 0 Å². The predicted octanol–water partition coefficient (Wildman–Crippen LogP) is 1.60. The number of aliphatic hydroxyl groups excluding tert-OH is 1. The van der Waals surface area contributed by atoms with Crippen LogP contribution in [-0.4, -0.2) is 45.4 Å². The quantitative estimate of drug-likeness (QED) is 0.797. The van der Waals surface area contributed by atoms with Gasteiger partial charge in [-0.25, -0.2) is 16.8 Å². The van der Waals surface area contributed by atoms with E-state index in [-0.39, 0.29) is 25.5 Å². The molecule has 2 heterocycles. The Bertz CT molecular complexity index is 1070. The Hall–Kier alpha value is -1.77. The normalized spacial score (nSPS) is 18.7. The standard InChI is InChI=1S/C16H16N2O5S3/c17-10-13-6-7-16(24-13)25(20,21)14-4-1-5-15(9-14)26(22,23)18-8-2-3-12(18)11-19/h1,4-7,9,12,19H,2-3,8,11H2. The summed E-state index contributed by atoms with van der Waals surface area (Å²) in [6, 6.07) is 9.32. The van der Waals surface area contributed by atoms with Crippen LogP contribution in [0.1, 0.15) is 17.7 Å². The third-order valence-electron chi connectivity index (χ3n) is 4.21. The maximum absolute atomic E-state index is 12.8. The number of hydrogen-bond donors (Lipinski definition) is 1. The lowest BCUT2D eigenvalue weighted by Gasteiger charge is -2.22. The number of sulfone groups is 1. The van der Waals surface area contributed by atoms with Gasteiger partial charge in [0, 0.05) is 12.6 Å². The van der Waals surface area contributed by atoms with Crippen LogP contribution >= 0.6 is 11.3 Å². The van der Waals surface area contributed by atoms with Crippen molar-refractivity contribution in [2.75, 3.05) is 13.2 Å². The highest BCUT2D eigenvalue weighted by molar-refractivity contribution is 7.93. The first-order valence-electron chi connectivity index (χ1n) is 7.78. The van der Waals surface area contributed by atoms with E-state index < -0.39 is 25.9 Å². The van der Waals surface area contributed by atoms with Crippen LogP contribution < -0.4 is 0 Å². The van der Waals surface area contributed by atoms with E-state index >= 15 is 0 Å². The molecular weight excluding hydrogens is 396 g/mol. The fraction of sp³-hybridized carbons (Fsp3) is 0.312. The first kappa shape index (κ1) is 19.0. The summed E-state index contributed by atoms with van der Waals surface area (Å²) in [6.07, 6.45) is 1.22. The van der Waals surface area contributed by atoms with Crippen LogP contribution in [0.5, 0.6) is 0 Å². The second-order valence-corrected chi connectivity index (χ2v) is 11.0. The number of aliphatic hydroxyl groups is 1. The molecule has 1 aromatic carbocycles. The minimum atomic E-state index is -3.92. The smallest absolute Gasteiger partial charge is 0.243 e. The summed E-state index contributed by atoms with van der Waals surface area (Å²) >= 11 is 0.835. The van der Waals surface area contributed by atoms with Crippen molar-refractivity contribution in [3.05, 3.63) is 41.3 Å². The van der Waals surface area contributed by atoms with Crippen LogP contribution in [0, 0.1) is 11.3 Å². The van der Waals surface area contributed by atoms with E-state index in [0.29, 0.717) is 19.4 Å². The third-order valence-corrected chi connectivity index (χ3v) is 9.39. The molecule has 1 saturated heterocycles. The molecule has 0 radical (unpaired) electrons. The monoisotopic (exact) mass is 412 g/mol. The molecule has 1 aliphatic heterocycles. The number of sulfonamides is 1. The molecule has 1 unspecified atom stereocenters. The molecule has 2 aromatic rings. The van der Waals surface area contributed by atoms with Gasteiger partial charge in [-0.3, -0.25) is 0 Å². The summed E-state index contributed by atoms with van der Waals surface area (Å²) in [5.41, 5.74) is 0. The van der Waals surface area contributed by atoms with Gasteiger partial charge < -0.3 is 5.11 Å². The average molecular weight is 413 g/mol. The summed E-state index contributed by atoms with van der Waals surface area (Å²) in [5.74, 6) is 0. The number of nitrogens with zero attached hydrogens (tertiary/aromatic N) is 2. The van der Waals surface area contributed by atoms with Gasteiger partial charge in [-0.1, -0.05) is 6.07 Å². The van der Waals surface area contributed by atoms with E-state index in [2.05, 4.69) is 0 Å². The Balaban J connectivity index is 2.02. The summed E-state index contributed by atoms with van der Waals surface area (Å²) in [4.78, 5) is -0.0177. The molecule has 0 bridgehead atoms. The summed E-state index contributed by atoms with van der Waals surface area (Å²) in [5, 5.41) is 18.2. The molecule has 3 rings (SSSR count). The highest BCUT2D eigenvalue weighted by atomic mass is 32.2. The lowest BCUT2D eigenvalue weighted by molar-refractivity contribution is 0.213. The van der Waals surface area contributed by atoms with E-state index in [1.807, 2.05) is 6.07 Å². The Labute approximate surface area is 156 Å². The van der Waals surface area contributed by atoms with Crippen LogP contribution in [0.3, 0.4) is 0 Å². The number of hydrogen-bond acceptors (Lipinski definition) is 7. The van der Waals surface area contributed by atoms with Crippen molar-refractivity contribution >= 4 is 31.2 Å². The molecular formula is C16H16N2O5S3. The Morgan fingerprint density at radius 2 is 1.92 bits per heavy atom. The van der Waals surface area contributed by atoms with Crippen LogP contribution in [0.2, 0.25) is 0 Å². The highest BCUT2D eigenvalue weighted by Gasteiger charge is 2.35. The van der Waals surface area contributed by atoms with Gasteiger partial charge >= 0.3 is 0 Å². The Kier molecular flexibility index (Phi) is 5.18. The van der Waals surface area contributed by atoms with E-state index in [9.17, 15) is 21.9 Å². The van der Waals surface area contributed by atoms with Gasteiger partial charge in [-0.05, 0) is 43.2 Å². The minimum Gasteiger partial charge on any atom is -0.395 e. The van der Waals surface area contributed by atoms with E-state index in [4.69, 9.17) is 5.26 Å². The summed E-state index contributed by atoms with van der Waals surface area (Å²) in [7, 11) is -7.82. The van der Waals surface area contributed by atoms with Crippen LogP contribution in [-0.2, 0) is 19.9 Å². The first-order valence-corrected chi connectivity index (χ1v) is 11.5. The van der Waals surface area contributed by atoms with Crippen molar-refractivity contribution in [1.29, 1.82) is 5.26 Å². The maximum atomic E-state index is 12.8. The maximum Gasteiger partial charge on any atom is 0.243 e. The number of nitriles is 1. The topological polar surface area (TPSA) is 116 Å². The predicted molar refractivity (Wildman–Crippen MR) is 94.9 cm³/mol. The zero-order valence-corrected chi connectivity index (χ0v) is 16.0. The van der Waals surface area contributed by atoms with Crippen molar-refractivity contribution in [2.24, 2.45) is 0 Å². The van der Waals surface area contributed by atoms with E-state index in [1.165, 1.54) is 34.6 Å². The van der Waals surface area contributed by atoms with Crippen molar-refractivity contribution in [3.8, 4) is 6.07 Å². The molecule has 1 atom stereocenters. The first-order chi connectivity index (χ1) is 12.3. The van der Waals surface area contributed by atoms with Crippen molar-refractivity contribution < 1.29 is 21.9 Å². The molecule has 7 nitrogen and oxygen atoms in total. The van der Waals surface area contributed by atoms with Crippen molar-refractivity contribution in [1.82, 2.24) is 4.31 Å². The molecule has 1 aliphatic rings. The zero-order valence-electron chi connectivity index (χ0n) is 13.6. The molecule has 26 heavy (non-hydrogen) atoms. The number of benzene rings is 1. The van der Waals surface area contributed by atoms with Gasteiger partial charge in [-0.2, -0.15) is 9.57 Å². The van der Waals surface area contributed by atoms with Gasteiger partial charge in [0.15, 0.2) is 0 Å². The Morgan fingerprint density at radius 1 is 1.19 bits per heavy atom. The zero-order chi connectivity index (χ0) is 18.9. The molecule has 1 N–H and O–H groups in total. The molecule has 1 aromatic heterocycles. The van der Waals surface area contributed by atoms with Gasteiger partial charge in [0.05, 0.1) is 16.4 Å². The van der Waals surface area contributed by atoms with E-state index in [0.717, 1.165) is 17.4 Å². The summed E-state index contributed by atoms with van der Waals surface area (Å²) < 4.78 is 52.4. The van der Waals surface area contributed by atoms with Gasteiger partial charge in [0.25, 0.3) is 0 Å². The fourth-order valence-electron chi connectivity index (χ4n) is 2.89. The molecule has 0 saturated carbocycles. The van der Waals surface area contributed by atoms with Crippen LogP contribution in [0.15, 0.2) is 50.4 Å². The third kappa shape index (κ3) is 3.28. The number of thiophene rings is 1. The van der Waals surface area contributed by atoms with Gasteiger partial charge in [0.2, 0.25) is 19.9 Å². The lowest BCUT2D eigenvalue weighted by Crippen LogP contribution is -2.37. The average Bonchev–Trinajstić information content (AvgIpc) is 3.31. The van der Waals surface area contributed by atoms with Crippen LogP contribution in [0.4, 0.5) is 0 Å². The molecule has 1 fully saturated rings. The van der Waals surface area contributed by atoms with Crippen LogP contribution in [0.25, 0.3) is 0 Å². The van der Waals surface area contributed by atoms with Crippen molar-refractivity contribution in [2.45, 2.75) is 32.9 Å². The highest BCUT2D eigenvalue weighted by Crippen LogP contribution is 2.31. The molecule has 0 amide bonds. The molecule has 0 aliphatic carbocycles. The summed E-state index contributed by atoms with van der Waals surface area (Å²) in [6.45, 7) is 0.0182.